The largest absolute Gasteiger partial charge is 0.394 e. The van der Waals surface area contributed by atoms with Crippen molar-refractivity contribution in [2.24, 2.45) is 5.73 Å². The van der Waals surface area contributed by atoms with Gasteiger partial charge in [0.2, 0.25) is 0 Å². The van der Waals surface area contributed by atoms with E-state index in [4.69, 9.17) is 26.0 Å². The van der Waals surface area contributed by atoms with Gasteiger partial charge in [0, 0.05) is 7.11 Å². The second-order valence-corrected chi connectivity index (χ2v) is 4.19. The number of anilines is 1. The lowest BCUT2D eigenvalue weighted by Gasteiger charge is -2.18. The van der Waals surface area contributed by atoms with Crippen molar-refractivity contribution < 1.29 is 24.5 Å². The Hall–Kier alpha value is -1.68. The van der Waals surface area contributed by atoms with Crippen LogP contribution in [0.2, 0.25) is 0 Å². The van der Waals surface area contributed by atoms with Crippen LogP contribution in [-0.4, -0.2) is 57.7 Å². The Morgan fingerprint density at radius 2 is 2.37 bits per heavy atom. The third-order valence-corrected chi connectivity index (χ3v) is 3.10. The molecular weight excluding hydrogens is 256 g/mol. The van der Waals surface area contributed by atoms with Crippen molar-refractivity contribution in [3.05, 3.63) is 12.0 Å². The van der Waals surface area contributed by atoms with Crippen LogP contribution >= 0.6 is 0 Å². The minimum atomic E-state index is -1.06. The molecule has 1 aliphatic rings. The number of primary amides is 1. The van der Waals surface area contributed by atoms with Gasteiger partial charge in [0.1, 0.15) is 24.1 Å². The first kappa shape index (κ1) is 13.7. The van der Waals surface area contributed by atoms with Gasteiger partial charge >= 0.3 is 0 Å². The minimum absolute atomic E-state index is 0.00927. The lowest BCUT2D eigenvalue weighted by molar-refractivity contribution is -0.0541. The number of nitrogens with zero attached hydrogens (tertiary/aromatic N) is 2. The lowest BCUT2D eigenvalue weighted by atomic mass is 10.1. The van der Waals surface area contributed by atoms with Gasteiger partial charge in [0.05, 0.1) is 12.9 Å². The zero-order valence-corrected chi connectivity index (χ0v) is 10.3. The predicted molar refractivity (Wildman–Crippen MR) is 63.0 cm³/mol. The molecule has 1 aliphatic heterocycles. The van der Waals surface area contributed by atoms with Gasteiger partial charge in [0.15, 0.2) is 11.9 Å². The quantitative estimate of drug-likeness (QED) is 0.487. The molecule has 2 rings (SSSR count). The fraction of sp³-hybridized carbons (Fsp3) is 0.600. The molecule has 0 radical (unpaired) electrons. The number of hydrogen-bond acceptors (Lipinski definition) is 7. The highest BCUT2D eigenvalue weighted by molar-refractivity contribution is 5.95. The molecule has 19 heavy (non-hydrogen) atoms. The van der Waals surface area contributed by atoms with Crippen molar-refractivity contribution in [1.29, 1.82) is 0 Å². The van der Waals surface area contributed by atoms with Crippen LogP contribution in [0.5, 0.6) is 0 Å². The summed E-state index contributed by atoms with van der Waals surface area (Å²) in [7, 11) is 1.40. The Morgan fingerprint density at radius 3 is 2.79 bits per heavy atom. The molecule has 2 heterocycles. The molecular formula is C10H16N4O5. The first-order valence-electron chi connectivity index (χ1n) is 5.60. The second kappa shape index (κ2) is 5.13. The molecule has 1 amide bonds. The highest BCUT2D eigenvalue weighted by Crippen LogP contribution is 2.32. The summed E-state index contributed by atoms with van der Waals surface area (Å²) in [5.74, 6) is -0.782. The summed E-state index contributed by atoms with van der Waals surface area (Å²) in [6.07, 6.45) is -2.10. The smallest absolute Gasteiger partial charge is 0.271 e. The molecule has 0 saturated carbocycles. The van der Waals surface area contributed by atoms with Gasteiger partial charge in [-0.1, -0.05) is 0 Å². The highest BCUT2D eigenvalue weighted by atomic mass is 16.6. The molecule has 1 saturated heterocycles. The van der Waals surface area contributed by atoms with Crippen LogP contribution in [0.4, 0.5) is 5.82 Å². The van der Waals surface area contributed by atoms with E-state index >= 15 is 0 Å². The second-order valence-electron chi connectivity index (χ2n) is 4.19. The average Bonchev–Trinajstić information content (AvgIpc) is 2.89. The number of amides is 1. The number of nitrogen functional groups attached to an aromatic ring is 1. The number of methoxy groups -OCH3 is 1. The number of aliphatic hydroxyl groups is 2. The topological polar surface area (TPSA) is 146 Å². The van der Waals surface area contributed by atoms with Crippen molar-refractivity contribution in [2.75, 3.05) is 19.5 Å². The molecule has 0 aromatic carbocycles. The molecule has 1 aromatic rings. The molecule has 1 fully saturated rings. The molecule has 9 nitrogen and oxygen atoms in total. The van der Waals surface area contributed by atoms with Crippen molar-refractivity contribution in [2.45, 2.75) is 24.5 Å². The average molecular weight is 272 g/mol. The Bertz CT molecular complexity index is 476. The predicted octanol–water partition coefficient (Wildman–Crippen LogP) is -2.17. The fourth-order valence-corrected chi connectivity index (χ4v) is 2.15. The number of aliphatic hydroxyl groups excluding tert-OH is 2. The van der Waals surface area contributed by atoms with Gasteiger partial charge in [-0.3, -0.25) is 9.36 Å². The number of carbonyl (C=O) groups is 1. The zero-order chi connectivity index (χ0) is 14.2. The minimum Gasteiger partial charge on any atom is -0.394 e. The standard InChI is InChI=1S/C10H16N4O5/c1-18-7-4(2-15)19-10(6(7)16)14-3-13-5(8(14)11)9(12)17/h3-4,6-7,10,15-16H,2,11H2,1H3,(H2,12,17)/t4-,6-,7-,10-/m1/s1. The van der Waals surface area contributed by atoms with Crippen molar-refractivity contribution >= 4 is 11.7 Å². The van der Waals surface area contributed by atoms with Crippen LogP contribution in [0.15, 0.2) is 6.33 Å². The van der Waals surface area contributed by atoms with Gasteiger partial charge in [-0.15, -0.1) is 0 Å². The summed E-state index contributed by atoms with van der Waals surface area (Å²) in [5.41, 5.74) is 10.7. The van der Waals surface area contributed by atoms with E-state index < -0.39 is 30.4 Å². The zero-order valence-electron chi connectivity index (χ0n) is 10.3. The fourth-order valence-electron chi connectivity index (χ4n) is 2.15. The van der Waals surface area contributed by atoms with Gasteiger partial charge < -0.3 is 31.2 Å². The van der Waals surface area contributed by atoms with Gasteiger partial charge in [0.25, 0.3) is 5.91 Å². The van der Waals surface area contributed by atoms with E-state index in [0.717, 1.165) is 0 Å². The molecule has 0 spiro atoms. The van der Waals surface area contributed by atoms with E-state index in [1.807, 2.05) is 0 Å². The number of carbonyl (C=O) groups excluding carboxylic acids is 1. The maximum atomic E-state index is 11.1. The third kappa shape index (κ3) is 2.16. The van der Waals surface area contributed by atoms with E-state index in [1.165, 1.54) is 18.0 Å². The third-order valence-electron chi connectivity index (χ3n) is 3.10. The summed E-state index contributed by atoms with van der Waals surface area (Å²) >= 11 is 0. The van der Waals surface area contributed by atoms with Crippen molar-refractivity contribution in [1.82, 2.24) is 9.55 Å². The molecule has 0 bridgehead atoms. The Labute approximate surface area is 108 Å². The summed E-state index contributed by atoms with van der Waals surface area (Å²) < 4.78 is 11.8. The van der Waals surface area contributed by atoms with E-state index in [9.17, 15) is 9.90 Å². The molecule has 9 heteroatoms. The van der Waals surface area contributed by atoms with E-state index in [2.05, 4.69) is 4.98 Å². The summed E-state index contributed by atoms with van der Waals surface area (Å²) in [4.78, 5) is 14.8. The van der Waals surface area contributed by atoms with Crippen LogP contribution in [0.3, 0.4) is 0 Å². The van der Waals surface area contributed by atoms with Crippen molar-refractivity contribution in [3.8, 4) is 0 Å². The van der Waals surface area contributed by atoms with Gasteiger partial charge in [-0.25, -0.2) is 4.98 Å². The van der Waals surface area contributed by atoms with E-state index in [-0.39, 0.29) is 18.1 Å². The molecule has 0 aliphatic carbocycles. The first-order chi connectivity index (χ1) is 9.01. The van der Waals surface area contributed by atoms with Crippen molar-refractivity contribution in [3.63, 3.8) is 0 Å². The molecule has 106 valence electrons. The summed E-state index contributed by atoms with van der Waals surface area (Å²) in [6.45, 7) is -0.316. The number of nitrogens with two attached hydrogens (primary N) is 2. The normalized spacial score (nSPS) is 30.7. The number of hydrogen-bond donors (Lipinski definition) is 4. The number of aromatic nitrogens is 2. The van der Waals surface area contributed by atoms with E-state index in [0.29, 0.717) is 0 Å². The van der Waals surface area contributed by atoms with Gasteiger partial charge in [-0.2, -0.15) is 0 Å². The van der Waals surface area contributed by atoms with Crippen LogP contribution in [0.25, 0.3) is 0 Å². The van der Waals surface area contributed by atoms with E-state index in [1.54, 1.807) is 0 Å². The Morgan fingerprint density at radius 1 is 1.68 bits per heavy atom. The number of imidazole rings is 1. The maximum Gasteiger partial charge on any atom is 0.271 e. The first-order valence-corrected chi connectivity index (χ1v) is 5.60. The lowest BCUT2D eigenvalue weighted by Crippen LogP contribution is -2.35. The maximum absolute atomic E-state index is 11.1. The SMILES string of the molecule is CO[C@H]1[C@@H](O)[C@H](n2cnc(C(N)=O)c2N)O[C@@H]1CO. The summed E-state index contributed by atoms with van der Waals surface area (Å²) in [5, 5.41) is 19.3. The molecule has 0 unspecified atom stereocenters. The number of ether oxygens (including phenoxy) is 2. The van der Waals surface area contributed by atoms with Crippen LogP contribution < -0.4 is 11.5 Å². The van der Waals surface area contributed by atoms with Gasteiger partial charge in [-0.05, 0) is 0 Å². The molecule has 6 N–H and O–H groups in total. The summed E-state index contributed by atoms with van der Waals surface area (Å²) in [6, 6.07) is 0. The monoisotopic (exact) mass is 272 g/mol. The van der Waals surface area contributed by atoms with Crippen LogP contribution in [-0.2, 0) is 9.47 Å². The van der Waals surface area contributed by atoms with Crippen LogP contribution in [0.1, 0.15) is 16.7 Å². The van der Waals surface area contributed by atoms with Crippen LogP contribution in [0, 0.1) is 0 Å². The molecule has 1 aromatic heterocycles. The Kier molecular flexibility index (Phi) is 3.71. The number of rotatable bonds is 4. The Balaban J connectivity index is 2.30. The molecule has 4 atom stereocenters. The highest BCUT2D eigenvalue weighted by Gasteiger charge is 2.45.